The summed E-state index contributed by atoms with van der Waals surface area (Å²) in [6.07, 6.45) is 0.964. The highest BCUT2D eigenvalue weighted by Crippen LogP contribution is 2.25. The van der Waals surface area contributed by atoms with Gasteiger partial charge in [-0.1, -0.05) is 18.2 Å². The van der Waals surface area contributed by atoms with Gasteiger partial charge < -0.3 is 4.18 Å². The molecule has 0 atom stereocenters. The molecule has 0 aliphatic heterocycles. The number of aryl methyl sites for hydroxylation is 1. The Labute approximate surface area is 128 Å². The van der Waals surface area contributed by atoms with Crippen LogP contribution in [0.4, 0.5) is 4.39 Å². The summed E-state index contributed by atoms with van der Waals surface area (Å²) in [6, 6.07) is 8.70. The van der Waals surface area contributed by atoms with E-state index in [2.05, 4.69) is 0 Å². The van der Waals surface area contributed by atoms with Gasteiger partial charge in [0.15, 0.2) is 21.4 Å². The molecule has 0 spiro atoms. The van der Waals surface area contributed by atoms with Gasteiger partial charge in [-0.3, -0.25) is 0 Å². The molecule has 0 heterocycles. The fourth-order valence-corrected chi connectivity index (χ4v) is 3.67. The molecule has 0 N–H and O–H groups in total. The van der Waals surface area contributed by atoms with Crippen molar-refractivity contribution in [1.82, 2.24) is 0 Å². The molecule has 0 bridgehead atoms. The second-order valence-corrected chi connectivity index (χ2v) is 8.20. The Morgan fingerprint density at radius 2 is 1.64 bits per heavy atom. The predicted molar refractivity (Wildman–Crippen MR) is 78.5 cm³/mol. The van der Waals surface area contributed by atoms with Crippen molar-refractivity contribution in [3.8, 4) is 5.75 Å². The molecule has 0 saturated heterocycles. The zero-order valence-electron chi connectivity index (χ0n) is 11.8. The molecular weight excluding hydrogens is 331 g/mol. The van der Waals surface area contributed by atoms with Crippen LogP contribution in [0.5, 0.6) is 5.75 Å². The molecule has 5 nitrogen and oxygen atoms in total. The number of hydrogen-bond acceptors (Lipinski definition) is 5. The van der Waals surface area contributed by atoms with E-state index < -0.39 is 31.5 Å². The van der Waals surface area contributed by atoms with Gasteiger partial charge in [0, 0.05) is 6.26 Å². The van der Waals surface area contributed by atoms with Crippen LogP contribution in [-0.4, -0.2) is 23.1 Å². The van der Waals surface area contributed by atoms with Gasteiger partial charge in [0.2, 0.25) is 0 Å². The van der Waals surface area contributed by atoms with E-state index in [0.717, 1.165) is 18.4 Å². The van der Waals surface area contributed by atoms with Crippen LogP contribution in [-0.2, 0) is 20.0 Å². The summed E-state index contributed by atoms with van der Waals surface area (Å²) in [5.74, 6) is -1.28. The summed E-state index contributed by atoms with van der Waals surface area (Å²) in [5, 5.41) is 0. The molecular formula is C14H13FO5S2. The molecule has 2 aromatic rings. The maximum Gasteiger partial charge on any atom is 0.339 e. The topological polar surface area (TPSA) is 77.5 Å². The summed E-state index contributed by atoms with van der Waals surface area (Å²) >= 11 is 0. The predicted octanol–water partition coefficient (Wildman–Crippen LogP) is 2.31. The van der Waals surface area contributed by atoms with E-state index in [9.17, 15) is 21.2 Å². The minimum Gasteiger partial charge on any atom is -0.376 e. The number of halogens is 1. The van der Waals surface area contributed by atoms with E-state index in [1.54, 1.807) is 0 Å². The second-order valence-electron chi connectivity index (χ2n) is 4.67. The van der Waals surface area contributed by atoms with Crippen LogP contribution in [0.2, 0.25) is 0 Å². The number of hydrogen-bond donors (Lipinski definition) is 0. The minimum atomic E-state index is -4.35. The van der Waals surface area contributed by atoms with Crippen LogP contribution < -0.4 is 4.18 Å². The third-order valence-electron chi connectivity index (χ3n) is 2.89. The van der Waals surface area contributed by atoms with E-state index in [1.807, 2.05) is 0 Å². The Bertz CT molecular complexity index is 918. The zero-order chi connectivity index (χ0) is 16.5. The Morgan fingerprint density at radius 3 is 2.23 bits per heavy atom. The summed E-state index contributed by atoms with van der Waals surface area (Å²) in [5.41, 5.74) is 0.295. The average molecular weight is 344 g/mol. The number of rotatable bonds is 4. The van der Waals surface area contributed by atoms with E-state index in [4.69, 9.17) is 4.18 Å². The first-order valence-corrected chi connectivity index (χ1v) is 9.41. The first-order valence-electron chi connectivity index (χ1n) is 6.11. The van der Waals surface area contributed by atoms with Crippen LogP contribution in [0.15, 0.2) is 52.3 Å². The summed E-state index contributed by atoms with van der Waals surface area (Å²) in [4.78, 5) is -0.479. The van der Waals surface area contributed by atoms with Crippen molar-refractivity contribution in [2.75, 3.05) is 6.26 Å². The maximum absolute atomic E-state index is 13.5. The summed E-state index contributed by atoms with van der Waals surface area (Å²) < 4.78 is 65.9. The third-order valence-corrected chi connectivity index (χ3v) is 5.38. The lowest BCUT2D eigenvalue weighted by Crippen LogP contribution is -2.13. The van der Waals surface area contributed by atoms with Gasteiger partial charge in [-0.25, -0.2) is 12.8 Å². The first-order chi connectivity index (χ1) is 10.1. The van der Waals surface area contributed by atoms with Crippen LogP contribution in [0.1, 0.15) is 5.56 Å². The SMILES string of the molecule is Cc1ccc(S(C)(=O)=O)cc1S(=O)(=O)Oc1ccccc1F. The van der Waals surface area contributed by atoms with Gasteiger partial charge in [0.1, 0.15) is 4.90 Å². The molecule has 0 aliphatic rings. The van der Waals surface area contributed by atoms with Crippen molar-refractivity contribution < 1.29 is 25.4 Å². The summed E-state index contributed by atoms with van der Waals surface area (Å²) in [6.45, 7) is 1.49. The van der Waals surface area contributed by atoms with E-state index in [-0.39, 0.29) is 9.79 Å². The highest BCUT2D eigenvalue weighted by atomic mass is 32.2. The van der Waals surface area contributed by atoms with Gasteiger partial charge >= 0.3 is 10.1 Å². The smallest absolute Gasteiger partial charge is 0.339 e. The average Bonchev–Trinajstić information content (AvgIpc) is 2.40. The quantitative estimate of drug-likeness (QED) is 0.796. The van der Waals surface area contributed by atoms with Gasteiger partial charge in [-0.2, -0.15) is 8.42 Å². The molecule has 0 radical (unpaired) electrons. The monoisotopic (exact) mass is 344 g/mol. The lowest BCUT2D eigenvalue weighted by molar-refractivity contribution is 0.461. The van der Waals surface area contributed by atoms with Crippen molar-refractivity contribution in [1.29, 1.82) is 0 Å². The minimum absolute atomic E-state index is 0.159. The number of sulfone groups is 1. The fraction of sp³-hybridized carbons (Fsp3) is 0.143. The van der Waals surface area contributed by atoms with Gasteiger partial charge in [0.05, 0.1) is 4.90 Å². The highest BCUT2D eigenvalue weighted by Gasteiger charge is 2.23. The summed E-state index contributed by atoms with van der Waals surface area (Å²) in [7, 11) is -7.93. The van der Waals surface area contributed by atoms with Gasteiger partial charge in [-0.15, -0.1) is 0 Å². The molecule has 0 amide bonds. The maximum atomic E-state index is 13.5. The van der Waals surface area contributed by atoms with Crippen molar-refractivity contribution in [2.45, 2.75) is 16.7 Å². The second kappa shape index (κ2) is 5.69. The van der Waals surface area contributed by atoms with Crippen molar-refractivity contribution in [3.63, 3.8) is 0 Å². The van der Waals surface area contributed by atoms with Crippen LogP contribution in [0, 0.1) is 12.7 Å². The molecule has 8 heteroatoms. The standard InChI is InChI=1S/C14H13FO5S2/c1-10-7-8-11(21(2,16)17)9-14(10)22(18,19)20-13-6-4-3-5-12(13)15/h3-9H,1-2H3. The molecule has 0 saturated carbocycles. The Hall–Kier alpha value is -1.93. The number of benzene rings is 2. The Balaban J connectivity index is 2.53. The fourth-order valence-electron chi connectivity index (χ4n) is 1.76. The molecule has 2 aromatic carbocycles. The molecule has 0 aromatic heterocycles. The highest BCUT2D eigenvalue weighted by molar-refractivity contribution is 7.90. The van der Waals surface area contributed by atoms with Gasteiger partial charge in [0.25, 0.3) is 0 Å². The van der Waals surface area contributed by atoms with E-state index in [1.165, 1.54) is 37.3 Å². The lowest BCUT2D eigenvalue weighted by atomic mass is 10.2. The van der Waals surface area contributed by atoms with Crippen LogP contribution in [0.3, 0.4) is 0 Å². The first kappa shape index (κ1) is 16.4. The van der Waals surface area contributed by atoms with Crippen LogP contribution >= 0.6 is 0 Å². The molecule has 118 valence electrons. The number of para-hydroxylation sites is 1. The van der Waals surface area contributed by atoms with Crippen molar-refractivity contribution in [3.05, 3.63) is 53.8 Å². The van der Waals surface area contributed by atoms with E-state index >= 15 is 0 Å². The van der Waals surface area contributed by atoms with Crippen LogP contribution in [0.25, 0.3) is 0 Å². The Kier molecular flexibility index (Phi) is 4.25. The normalized spacial score (nSPS) is 12.1. The Morgan fingerprint density at radius 1 is 1.00 bits per heavy atom. The largest absolute Gasteiger partial charge is 0.376 e. The molecule has 0 aliphatic carbocycles. The van der Waals surface area contributed by atoms with Crippen molar-refractivity contribution >= 4 is 20.0 Å². The molecule has 0 fully saturated rings. The lowest BCUT2D eigenvalue weighted by Gasteiger charge is -2.11. The molecule has 22 heavy (non-hydrogen) atoms. The molecule has 2 rings (SSSR count). The zero-order valence-corrected chi connectivity index (χ0v) is 13.4. The van der Waals surface area contributed by atoms with Gasteiger partial charge in [-0.05, 0) is 36.8 Å². The van der Waals surface area contributed by atoms with Crippen molar-refractivity contribution in [2.24, 2.45) is 0 Å². The molecule has 0 unspecified atom stereocenters. The third kappa shape index (κ3) is 3.45. The van der Waals surface area contributed by atoms with E-state index in [0.29, 0.717) is 5.56 Å².